The first-order valence-electron chi connectivity index (χ1n) is 9.65. The highest BCUT2D eigenvalue weighted by molar-refractivity contribution is 7.18. The number of piperazine rings is 1. The number of methoxy groups -OCH3 is 1. The number of para-hydroxylation sites is 1. The molecule has 0 spiro atoms. The minimum absolute atomic E-state index is 0.0646. The predicted octanol–water partition coefficient (Wildman–Crippen LogP) is 0.227. The van der Waals surface area contributed by atoms with Crippen LogP contribution in [-0.2, 0) is 11.3 Å². The summed E-state index contributed by atoms with van der Waals surface area (Å²) in [6.07, 6.45) is 0. The molecule has 3 N–H and O–H groups in total. The Balaban J connectivity index is 1.23. The number of hydrogen-bond acceptors (Lipinski definition) is 4. The Bertz CT molecular complexity index is 900. The van der Waals surface area contributed by atoms with E-state index < -0.39 is 0 Å². The zero-order valence-electron chi connectivity index (χ0n) is 16.0. The quantitative estimate of drug-likeness (QED) is 0.557. The summed E-state index contributed by atoms with van der Waals surface area (Å²) in [5.74, 6) is 0.852. The minimum atomic E-state index is 0.0646. The molecule has 1 amide bonds. The summed E-state index contributed by atoms with van der Waals surface area (Å²) in [7, 11) is 1.63. The third kappa shape index (κ3) is 4.67. The fourth-order valence-corrected chi connectivity index (χ4v) is 4.67. The number of aromatic nitrogens is 1. The smallest absolute Gasteiger partial charge is 0.279 e. The molecule has 1 aliphatic rings. The number of rotatable bonds is 6. The minimum Gasteiger partial charge on any atom is -0.497 e. The van der Waals surface area contributed by atoms with E-state index in [1.807, 2.05) is 30.3 Å². The van der Waals surface area contributed by atoms with Gasteiger partial charge in [0, 0.05) is 5.69 Å². The molecule has 1 fully saturated rings. The molecule has 146 valence electrons. The molecule has 0 radical (unpaired) electrons. The van der Waals surface area contributed by atoms with Crippen LogP contribution in [0.1, 0.15) is 5.01 Å². The number of thiazole rings is 1. The van der Waals surface area contributed by atoms with Crippen LogP contribution in [0.2, 0.25) is 0 Å². The van der Waals surface area contributed by atoms with Crippen LogP contribution in [0, 0.1) is 0 Å². The third-order valence-corrected chi connectivity index (χ3v) is 6.22. The van der Waals surface area contributed by atoms with Gasteiger partial charge >= 0.3 is 0 Å². The van der Waals surface area contributed by atoms with Crippen molar-refractivity contribution in [2.24, 2.45) is 0 Å². The average molecular weight is 399 g/mol. The summed E-state index contributed by atoms with van der Waals surface area (Å²) >= 11 is 1.79. The van der Waals surface area contributed by atoms with Gasteiger partial charge in [0.1, 0.15) is 43.5 Å². The number of carbonyl (C=O) groups excluding carboxylic acids is 1. The lowest BCUT2D eigenvalue weighted by molar-refractivity contribution is -1.01. The molecule has 1 aromatic heterocycles. The van der Waals surface area contributed by atoms with Crippen LogP contribution in [0.3, 0.4) is 0 Å². The van der Waals surface area contributed by atoms with Gasteiger partial charge in [-0.3, -0.25) is 4.79 Å². The summed E-state index contributed by atoms with van der Waals surface area (Å²) in [5.41, 5.74) is 1.91. The van der Waals surface area contributed by atoms with Crippen LogP contribution in [0.15, 0.2) is 48.5 Å². The van der Waals surface area contributed by atoms with Crippen molar-refractivity contribution in [2.75, 3.05) is 45.2 Å². The molecule has 1 saturated heterocycles. The Hall–Kier alpha value is -2.48. The maximum absolute atomic E-state index is 12.3. The Morgan fingerprint density at radius 2 is 1.79 bits per heavy atom. The number of amides is 1. The zero-order chi connectivity index (χ0) is 19.3. The van der Waals surface area contributed by atoms with Gasteiger partial charge in [0.05, 0.1) is 17.3 Å². The summed E-state index contributed by atoms with van der Waals surface area (Å²) in [6, 6.07) is 15.8. The van der Waals surface area contributed by atoms with E-state index in [9.17, 15) is 4.79 Å². The lowest BCUT2D eigenvalue weighted by atomic mass is 10.3. The van der Waals surface area contributed by atoms with Crippen LogP contribution in [-0.4, -0.2) is 50.7 Å². The van der Waals surface area contributed by atoms with Gasteiger partial charge < -0.3 is 19.9 Å². The van der Waals surface area contributed by atoms with E-state index in [0.29, 0.717) is 6.54 Å². The van der Waals surface area contributed by atoms with Crippen LogP contribution in [0.4, 0.5) is 5.69 Å². The first-order chi connectivity index (χ1) is 13.7. The number of carbonyl (C=O) groups is 1. The van der Waals surface area contributed by atoms with Crippen molar-refractivity contribution in [1.29, 1.82) is 0 Å². The van der Waals surface area contributed by atoms with E-state index in [0.717, 1.165) is 49.7 Å². The van der Waals surface area contributed by atoms with E-state index >= 15 is 0 Å². The van der Waals surface area contributed by atoms with Gasteiger partial charge in [-0.15, -0.1) is 11.3 Å². The first kappa shape index (κ1) is 18.9. The summed E-state index contributed by atoms with van der Waals surface area (Å²) in [6.45, 7) is 5.65. The number of nitrogens with zero attached hydrogens (tertiary/aromatic N) is 1. The summed E-state index contributed by atoms with van der Waals surface area (Å²) in [5, 5.41) is 4.18. The van der Waals surface area contributed by atoms with Crippen molar-refractivity contribution in [3.8, 4) is 5.75 Å². The molecule has 1 aliphatic heterocycles. The topological polar surface area (TPSA) is 60.1 Å². The number of hydrogen-bond donors (Lipinski definition) is 3. The second kappa shape index (κ2) is 8.68. The SMILES string of the molecule is COc1ccc(NC(=O)C[NH+]2CC[NH+](Cc3nc4ccccc4s3)CC2)cc1. The van der Waals surface area contributed by atoms with Crippen molar-refractivity contribution in [1.82, 2.24) is 4.98 Å². The maximum Gasteiger partial charge on any atom is 0.279 e. The van der Waals surface area contributed by atoms with E-state index in [2.05, 4.69) is 23.5 Å². The average Bonchev–Trinajstić information content (AvgIpc) is 3.12. The second-order valence-electron chi connectivity index (χ2n) is 7.21. The molecule has 2 aromatic carbocycles. The van der Waals surface area contributed by atoms with Crippen molar-refractivity contribution in [2.45, 2.75) is 6.54 Å². The third-order valence-electron chi connectivity index (χ3n) is 5.19. The normalized spacial score (nSPS) is 19.5. The highest BCUT2D eigenvalue weighted by Gasteiger charge is 2.25. The molecule has 0 bridgehead atoms. The molecule has 0 aliphatic carbocycles. The molecule has 4 rings (SSSR count). The monoisotopic (exact) mass is 398 g/mol. The summed E-state index contributed by atoms with van der Waals surface area (Å²) in [4.78, 5) is 20.0. The van der Waals surface area contributed by atoms with Gasteiger partial charge in [-0.25, -0.2) is 4.98 Å². The Morgan fingerprint density at radius 1 is 1.07 bits per heavy atom. The van der Waals surface area contributed by atoms with E-state index in [1.54, 1.807) is 23.3 Å². The van der Waals surface area contributed by atoms with Crippen LogP contribution >= 0.6 is 11.3 Å². The van der Waals surface area contributed by atoms with Crippen molar-refractivity contribution in [3.05, 3.63) is 53.5 Å². The van der Waals surface area contributed by atoms with Gasteiger partial charge in [0.25, 0.3) is 5.91 Å². The Labute approximate surface area is 168 Å². The number of benzene rings is 2. The molecule has 0 atom stereocenters. The molecule has 3 aromatic rings. The molecule has 28 heavy (non-hydrogen) atoms. The molecule has 6 nitrogen and oxygen atoms in total. The summed E-state index contributed by atoms with van der Waals surface area (Å²) < 4.78 is 6.40. The molecule has 2 heterocycles. The zero-order valence-corrected chi connectivity index (χ0v) is 16.8. The fourth-order valence-electron chi connectivity index (χ4n) is 3.63. The largest absolute Gasteiger partial charge is 0.497 e. The molecule has 7 heteroatoms. The first-order valence-corrected chi connectivity index (χ1v) is 10.5. The fraction of sp³-hybridized carbons (Fsp3) is 0.333. The molecule has 0 unspecified atom stereocenters. The van der Waals surface area contributed by atoms with E-state index in [4.69, 9.17) is 9.72 Å². The number of nitrogens with one attached hydrogen (secondary N) is 3. The van der Waals surface area contributed by atoms with Crippen molar-refractivity contribution < 1.29 is 19.3 Å². The van der Waals surface area contributed by atoms with Gasteiger partial charge in [0.15, 0.2) is 6.54 Å². The molecule has 0 saturated carbocycles. The van der Waals surface area contributed by atoms with Crippen LogP contribution in [0.25, 0.3) is 10.2 Å². The van der Waals surface area contributed by atoms with Crippen LogP contribution < -0.4 is 19.9 Å². The highest BCUT2D eigenvalue weighted by atomic mass is 32.1. The Kier molecular flexibility index (Phi) is 5.85. The van der Waals surface area contributed by atoms with Crippen molar-refractivity contribution >= 4 is 33.1 Å². The number of anilines is 1. The standard InChI is InChI=1S/C21H24N4O2S/c1-27-17-8-6-16(7-9-17)22-20(26)14-24-10-12-25(13-11-24)15-21-23-18-4-2-3-5-19(18)28-21/h2-9H,10-15H2,1H3,(H,22,26)/p+2. The maximum atomic E-state index is 12.3. The molecular weight excluding hydrogens is 372 g/mol. The Morgan fingerprint density at radius 3 is 2.50 bits per heavy atom. The van der Waals surface area contributed by atoms with E-state index in [-0.39, 0.29) is 5.91 Å². The van der Waals surface area contributed by atoms with Gasteiger partial charge in [-0.1, -0.05) is 12.1 Å². The lowest BCUT2D eigenvalue weighted by Crippen LogP contribution is -3.28. The van der Waals surface area contributed by atoms with E-state index in [1.165, 1.54) is 14.6 Å². The number of ether oxygens (including phenoxy) is 1. The van der Waals surface area contributed by atoms with Gasteiger partial charge in [-0.05, 0) is 36.4 Å². The number of quaternary nitrogens is 2. The second-order valence-corrected chi connectivity index (χ2v) is 8.32. The van der Waals surface area contributed by atoms with Gasteiger partial charge in [-0.2, -0.15) is 0 Å². The van der Waals surface area contributed by atoms with Gasteiger partial charge in [0.2, 0.25) is 0 Å². The molecular formula is C21H26N4O2S+2. The predicted molar refractivity (Wildman–Crippen MR) is 111 cm³/mol. The van der Waals surface area contributed by atoms with Crippen molar-refractivity contribution in [3.63, 3.8) is 0 Å². The van der Waals surface area contributed by atoms with Crippen LogP contribution in [0.5, 0.6) is 5.75 Å². The number of fused-ring (bicyclic) bond motifs is 1. The lowest BCUT2D eigenvalue weighted by Gasteiger charge is -2.28. The highest BCUT2D eigenvalue weighted by Crippen LogP contribution is 2.20.